The van der Waals surface area contributed by atoms with Crippen LogP contribution in [0.2, 0.25) is 0 Å². The molecule has 1 aromatic carbocycles. The number of hydrogen-bond donors (Lipinski definition) is 1. The van der Waals surface area contributed by atoms with Crippen molar-refractivity contribution < 1.29 is 5.11 Å². The van der Waals surface area contributed by atoms with E-state index in [1.807, 2.05) is 36.7 Å². The predicted molar refractivity (Wildman–Crippen MR) is 87.9 cm³/mol. The lowest BCUT2D eigenvalue weighted by Crippen LogP contribution is -2.09. The zero-order valence-corrected chi connectivity index (χ0v) is 15.0. The minimum Gasteiger partial charge on any atom is -0.388 e. The van der Waals surface area contributed by atoms with E-state index >= 15 is 0 Å². The van der Waals surface area contributed by atoms with E-state index in [1.54, 1.807) is 0 Å². The molecule has 0 aliphatic carbocycles. The fraction of sp³-hybridized carbons (Fsp3) is 0.400. The van der Waals surface area contributed by atoms with Crippen LogP contribution in [0.25, 0.3) is 0 Å². The van der Waals surface area contributed by atoms with Crippen LogP contribution in [0, 0.1) is 13.8 Å². The third kappa shape index (κ3) is 3.15. The minimum atomic E-state index is -0.553. The molecule has 0 aliphatic rings. The van der Waals surface area contributed by atoms with E-state index in [-0.39, 0.29) is 0 Å². The van der Waals surface area contributed by atoms with Gasteiger partial charge in [-0.25, -0.2) is 0 Å². The molecule has 0 saturated carbocycles. The molecule has 3 nitrogen and oxygen atoms in total. The van der Waals surface area contributed by atoms with E-state index in [1.165, 1.54) is 5.56 Å². The second-order valence-electron chi connectivity index (χ2n) is 4.91. The number of nitrogens with zero attached hydrogens (tertiary/aromatic N) is 2. The molecule has 0 radical (unpaired) electrons. The van der Waals surface area contributed by atoms with Gasteiger partial charge in [-0.05, 0) is 53.9 Å². The number of benzene rings is 1. The average molecular weight is 402 g/mol. The topological polar surface area (TPSA) is 38.0 Å². The summed E-state index contributed by atoms with van der Waals surface area (Å²) in [5.41, 5.74) is 4.06. The van der Waals surface area contributed by atoms with Gasteiger partial charge < -0.3 is 5.11 Å². The van der Waals surface area contributed by atoms with Crippen molar-refractivity contribution in [1.29, 1.82) is 0 Å². The van der Waals surface area contributed by atoms with Crippen LogP contribution < -0.4 is 0 Å². The standard InChI is InChI=1S/C15H18Br2N2O/c1-4-19-13(15(17)10(3)18-19)8-14(20)11-6-5-9(2)7-12(11)16/h5-7,14,20H,4,8H2,1-3H3. The van der Waals surface area contributed by atoms with E-state index in [0.29, 0.717) is 6.42 Å². The summed E-state index contributed by atoms with van der Waals surface area (Å²) in [5.74, 6) is 0. The normalized spacial score (nSPS) is 12.7. The maximum absolute atomic E-state index is 10.5. The first kappa shape index (κ1) is 15.7. The number of rotatable bonds is 4. The van der Waals surface area contributed by atoms with Gasteiger partial charge in [0, 0.05) is 17.4 Å². The lowest BCUT2D eigenvalue weighted by Gasteiger charge is -2.14. The first-order valence-electron chi connectivity index (χ1n) is 6.60. The Kier molecular flexibility index (Phi) is 5.04. The molecule has 1 unspecified atom stereocenters. The van der Waals surface area contributed by atoms with E-state index in [0.717, 1.165) is 32.4 Å². The number of aliphatic hydroxyl groups excluding tert-OH is 1. The highest BCUT2D eigenvalue weighted by atomic mass is 79.9. The molecule has 1 aromatic heterocycles. The Balaban J connectivity index is 2.30. The SMILES string of the molecule is CCn1nc(C)c(Br)c1CC(O)c1ccc(C)cc1Br. The Morgan fingerprint density at radius 3 is 2.60 bits per heavy atom. The highest BCUT2D eigenvalue weighted by molar-refractivity contribution is 9.10. The molecule has 2 aromatic rings. The summed E-state index contributed by atoms with van der Waals surface area (Å²) in [6, 6.07) is 6.01. The summed E-state index contributed by atoms with van der Waals surface area (Å²) < 4.78 is 3.87. The molecule has 5 heteroatoms. The highest BCUT2D eigenvalue weighted by Crippen LogP contribution is 2.30. The average Bonchev–Trinajstić information content (AvgIpc) is 2.66. The number of halogens is 2. The quantitative estimate of drug-likeness (QED) is 0.828. The summed E-state index contributed by atoms with van der Waals surface area (Å²) in [6.07, 6.45) is -0.0145. The molecule has 0 amide bonds. The van der Waals surface area contributed by atoms with Crippen LogP contribution >= 0.6 is 31.9 Å². The monoisotopic (exact) mass is 400 g/mol. The molecule has 20 heavy (non-hydrogen) atoms. The predicted octanol–water partition coefficient (Wildman–Crippen LogP) is 4.32. The Bertz CT molecular complexity index is 623. The number of aryl methyl sites for hydroxylation is 3. The Morgan fingerprint density at radius 2 is 2.00 bits per heavy atom. The number of aliphatic hydroxyl groups is 1. The van der Waals surface area contributed by atoms with Gasteiger partial charge in [-0.3, -0.25) is 4.68 Å². The first-order chi connectivity index (χ1) is 9.43. The third-order valence-corrected chi connectivity index (χ3v) is 5.07. The molecule has 2 rings (SSSR count). The lowest BCUT2D eigenvalue weighted by atomic mass is 10.0. The molecule has 0 aliphatic heterocycles. The summed E-state index contributed by atoms with van der Waals surface area (Å²) in [4.78, 5) is 0. The molecular formula is C15H18Br2N2O. The van der Waals surface area contributed by atoms with Gasteiger partial charge in [0.2, 0.25) is 0 Å². The van der Waals surface area contributed by atoms with Crippen LogP contribution in [-0.2, 0) is 13.0 Å². The van der Waals surface area contributed by atoms with Gasteiger partial charge in [0.15, 0.2) is 0 Å². The van der Waals surface area contributed by atoms with E-state index in [2.05, 4.69) is 43.9 Å². The van der Waals surface area contributed by atoms with Gasteiger partial charge in [0.1, 0.15) is 0 Å². The molecular weight excluding hydrogens is 384 g/mol. The largest absolute Gasteiger partial charge is 0.388 e. The van der Waals surface area contributed by atoms with Crippen molar-refractivity contribution in [3.63, 3.8) is 0 Å². The minimum absolute atomic E-state index is 0.539. The van der Waals surface area contributed by atoms with E-state index in [4.69, 9.17) is 0 Å². The maximum Gasteiger partial charge on any atom is 0.0856 e. The van der Waals surface area contributed by atoms with Gasteiger partial charge in [0.25, 0.3) is 0 Å². The van der Waals surface area contributed by atoms with Crippen LogP contribution in [0.1, 0.15) is 35.5 Å². The second kappa shape index (κ2) is 6.41. The molecule has 0 bridgehead atoms. The van der Waals surface area contributed by atoms with Gasteiger partial charge in [-0.15, -0.1) is 0 Å². The van der Waals surface area contributed by atoms with Crippen molar-refractivity contribution in [2.45, 2.75) is 39.8 Å². The molecule has 0 spiro atoms. The van der Waals surface area contributed by atoms with Crippen molar-refractivity contribution >= 4 is 31.9 Å². The summed E-state index contributed by atoms with van der Waals surface area (Å²) in [5, 5.41) is 15.0. The molecule has 0 saturated heterocycles. The van der Waals surface area contributed by atoms with Crippen molar-refractivity contribution in [2.75, 3.05) is 0 Å². The molecule has 1 atom stereocenters. The zero-order chi connectivity index (χ0) is 14.9. The molecule has 0 fully saturated rings. The highest BCUT2D eigenvalue weighted by Gasteiger charge is 2.18. The smallest absolute Gasteiger partial charge is 0.0856 e. The van der Waals surface area contributed by atoms with Crippen LogP contribution in [0.3, 0.4) is 0 Å². The van der Waals surface area contributed by atoms with Crippen molar-refractivity contribution in [1.82, 2.24) is 9.78 Å². The van der Waals surface area contributed by atoms with Crippen molar-refractivity contribution in [3.8, 4) is 0 Å². The summed E-state index contributed by atoms with van der Waals surface area (Å²) in [6.45, 7) is 6.85. The summed E-state index contributed by atoms with van der Waals surface area (Å²) in [7, 11) is 0. The van der Waals surface area contributed by atoms with Crippen LogP contribution in [-0.4, -0.2) is 14.9 Å². The molecule has 1 heterocycles. The lowest BCUT2D eigenvalue weighted by molar-refractivity contribution is 0.174. The number of hydrogen-bond acceptors (Lipinski definition) is 2. The van der Waals surface area contributed by atoms with Crippen LogP contribution in [0.5, 0.6) is 0 Å². The van der Waals surface area contributed by atoms with Crippen LogP contribution in [0.4, 0.5) is 0 Å². The van der Waals surface area contributed by atoms with Crippen molar-refractivity contribution in [3.05, 3.63) is 49.7 Å². The second-order valence-corrected chi connectivity index (χ2v) is 6.55. The summed E-state index contributed by atoms with van der Waals surface area (Å²) >= 11 is 7.09. The molecule has 1 N–H and O–H groups in total. The van der Waals surface area contributed by atoms with Gasteiger partial charge >= 0.3 is 0 Å². The third-order valence-electron chi connectivity index (χ3n) is 3.35. The van der Waals surface area contributed by atoms with Gasteiger partial charge in [-0.2, -0.15) is 5.10 Å². The number of aromatic nitrogens is 2. The fourth-order valence-corrected chi connectivity index (χ4v) is 3.46. The van der Waals surface area contributed by atoms with Crippen LogP contribution in [0.15, 0.2) is 27.1 Å². The van der Waals surface area contributed by atoms with Crippen molar-refractivity contribution in [2.24, 2.45) is 0 Å². The van der Waals surface area contributed by atoms with Gasteiger partial charge in [0.05, 0.1) is 22.0 Å². The van der Waals surface area contributed by atoms with Gasteiger partial charge in [-0.1, -0.05) is 28.1 Å². The van der Waals surface area contributed by atoms with E-state index in [9.17, 15) is 5.11 Å². The zero-order valence-electron chi connectivity index (χ0n) is 11.8. The Morgan fingerprint density at radius 1 is 1.30 bits per heavy atom. The first-order valence-corrected chi connectivity index (χ1v) is 8.18. The van der Waals surface area contributed by atoms with E-state index < -0.39 is 6.10 Å². The Hall–Kier alpha value is -0.650. The Labute approximate surface area is 136 Å². The fourth-order valence-electron chi connectivity index (χ4n) is 2.26. The molecule has 108 valence electrons. The maximum atomic E-state index is 10.5.